The minimum Gasteiger partial charge on any atom is -0.463 e. The summed E-state index contributed by atoms with van der Waals surface area (Å²) in [5, 5.41) is 0. The Hall–Kier alpha value is -1.64. The number of rotatable bonds is 2. The summed E-state index contributed by atoms with van der Waals surface area (Å²) < 4.78 is 18.1. The third-order valence-corrected chi connectivity index (χ3v) is 2.89. The van der Waals surface area contributed by atoms with Crippen molar-refractivity contribution in [3.63, 3.8) is 0 Å². The number of fused-ring (bicyclic) bond motifs is 1. The maximum absolute atomic E-state index is 13.2. The summed E-state index contributed by atoms with van der Waals surface area (Å²) in [6.45, 7) is 2.13. The quantitative estimate of drug-likeness (QED) is 0.580. The zero-order chi connectivity index (χ0) is 12.3. The van der Waals surface area contributed by atoms with Gasteiger partial charge in [0.25, 0.3) is 0 Å². The Morgan fingerprint density at radius 3 is 3.06 bits per heavy atom. The van der Waals surface area contributed by atoms with Crippen LogP contribution in [0, 0.1) is 5.82 Å². The molecule has 17 heavy (non-hydrogen) atoms. The number of halogens is 1. The molecule has 1 aromatic rings. The van der Waals surface area contributed by atoms with Gasteiger partial charge in [-0.3, -0.25) is 0 Å². The summed E-state index contributed by atoms with van der Waals surface area (Å²) in [7, 11) is 0. The number of aryl methyl sites for hydroxylation is 1. The molecule has 0 heterocycles. The number of carbonyl (C=O) groups is 1. The number of esters is 1. The maximum Gasteiger partial charge on any atom is 0.331 e. The van der Waals surface area contributed by atoms with E-state index in [0.717, 1.165) is 36.0 Å². The highest BCUT2D eigenvalue weighted by Crippen LogP contribution is 2.31. The van der Waals surface area contributed by atoms with Gasteiger partial charge in [0.1, 0.15) is 5.82 Å². The molecule has 0 N–H and O–H groups in total. The van der Waals surface area contributed by atoms with Crippen LogP contribution in [-0.2, 0) is 16.0 Å². The van der Waals surface area contributed by atoms with Crippen molar-refractivity contribution in [3.05, 3.63) is 41.2 Å². The van der Waals surface area contributed by atoms with Crippen LogP contribution in [0.15, 0.2) is 24.3 Å². The zero-order valence-corrected chi connectivity index (χ0v) is 9.83. The van der Waals surface area contributed by atoms with Crippen molar-refractivity contribution in [1.82, 2.24) is 0 Å². The number of hydrogen-bond donors (Lipinski definition) is 0. The lowest BCUT2D eigenvalue weighted by Crippen LogP contribution is -2.06. The third-order valence-electron chi connectivity index (χ3n) is 2.89. The Morgan fingerprint density at radius 2 is 2.29 bits per heavy atom. The van der Waals surface area contributed by atoms with Crippen molar-refractivity contribution in [1.29, 1.82) is 0 Å². The lowest BCUT2D eigenvalue weighted by molar-refractivity contribution is -0.137. The van der Waals surface area contributed by atoms with E-state index in [1.807, 2.05) is 0 Å². The van der Waals surface area contributed by atoms with E-state index in [4.69, 9.17) is 4.74 Å². The van der Waals surface area contributed by atoms with E-state index >= 15 is 0 Å². The predicted octanol–water partition coefficient (Wildman–Crippen LogP) is 3.11. The van der Waals surface area contributed by atoms with Gasteiger partial charge in [-0.05, 0) is 55.0 Å². The fraction of sp³-hybridized carbons (Fsp3) is 0.357. The van der Waals surface area contributed by atoms with Gasteiger partial charge in [-0.15, -0.1) is 0 Å². The lowest BCUT2D eigenvalue weighted by Gasteiger charge is -2.18. The molecule has 2 rings (SSSR count). The molecule has 0 atom stereocenters. The molecule has 0 amide bonds. The van der Waals surface area contributed by atoms with Crippen LogP contribution < -0.4 is 0 Å². The van der Waals surface area contributed by atoms with E-state index in [-0.39, 0.29) is 11.8 Å². The van der Waals surface area contributed by atoms with Gasteiger partial charge in [-0.1, -0.05) is 6.07 Å². The van der Waals surface area contributed by atoms with Crippen molar-refractivity contribution in [2.75, 3.05) is 6.61 Å². The van der Waals surface area contributed by atoms with E-state index in [9.17, 15) is 9.18 Å². The van der Waals surface area contributed by atoms with Crippen LogP contribution in [0.25, 0.3) is 5.57 Å². The summed E-state index contributed by atoms with van der Waals surface area (Å²) >= 11 is 0. The lowest BCUT2D eigenvalue weighted by atomic mass is 9.87. The minimum absolute atomic E-state index is 0.264. The molecule has 1 aliphatic rings. The second kappa shape index (κ2) is 5.13. The summed E-state index contributed by atoms with van der Waals surface area (Å²) in [5.74, 6) is -0.611. The Balaban J connectivity index is 2.33. The Morgan fingerprint density at radius 1 is 1.47 bits per heavy atom. The third kappa shape index (κ3) is 2.73. The van der Waals surface area contributed by atoms with Gasteiger partial charge in [0.15, 0.2) is 0 Å². The smallest absolute Gasteiger partial charge is 0.331 e. The molecule has 0 aromatic heterocycles. The molecular weight excluding hydrogens is 219 g/mol. The van der Waals surface area contributed by atoms with Crippen LogP contribution in [0.5, 0.6) is 0 Å². The van der Waals surface area contributed by atoms with Crippen molar-refractivity contribution >= 4 is 11.5 Å². The van der Waals surface area contributed by atoms with Crippen LogP contribution >= 0.6 is 0 Å². The number of ether oxygens (including phenoxy) is 1. The highest BCUT2D eigenvalue weighted by molar-refractivity contribution is 5.92. The van der Waals surface area contributed by atoms with Crippen molar-refractivity contribution in [2.24, 2.45) is 0 Å². The fourth-order valence-electron chi connectivity index (χ4n) is 2.15. The van der Waals surface area contributed by atoms with Gasteiger partial charge in [0, 0.05) is 6.08 Å². The van der Waals surface area contributed by atoms with E-state index in [0.29, 0.717) is 6.61 Å². The van der Waals surface area contributed by atoms with Gasteiger partial charge in [-0.2, -0.15) is 0 Å². The average molecular weight is 234 g/mol. The predicted molar refractivity (Wildman–Crippen MR) is 63.9 cm³/mol. The highest BCUT2D eigenvalue weighted by atomic mass is 19.1. The van der Waals surface area contributed by atoms with Gasteiger partial charge < -0.3 is 4.74 Å². The number of benzene rings is 1. The summed E-state index contributed by atoms with van der Waals surface area (Å²) in [6, 6.07) is 4.76. The molecule has 90 valence electrons. The number of allylic oxidation sites excluding steroid dienone is 1. The summed E-state index contributed by atoms with van der Waals surface area (Å²) in [6.07, 6.45) is 4.22. The molecule has 0 saturated carbocycles. The van der Waals surface area contributed by atoms with Crippen LogP contribution in [0.3, 0.4) is 0 Å². The summed E-state index contributed by atoms with van der Waals surface area (Å²) in [4.78, 5) is 11.4. The standard InChI is InChI=1S/C14H15FO2/c1-2-17-14(16)8-11-5-3-4-10-6-7-12(15)9-13(10)11/h6-9H,2-5H2,1H3. The minimum atomic E-state index is -0.348. The normalized spacial score (nSPS) is 16.7. The largest absolute Gasteiger partial charge is 0.463 e. The van der Waals surface area contributed by atoms with Gasteiger partial charge >= 0.3 is 5.97 Å². The van der Waals surface area contributed by atoms with Crippen molar-refractivity contribution in [2.45, 2.75) is 26.2 Å². The molecule has 2 nitrogen and oxygen atoms in total. The first-order valence-corrected chi connectivity index (χ1v) is 5.87. The van der Waals surface area contributed by atoms with Crippen LogP contribution in [0.4, 0.5) is 4.39 Å². The van der Waals surface area contributed by atoms with E-state index < -0.39 is 0 Å². The highest BCUT2D eigenvalue weighted by Gasteiger charge is 2.15. The van der Waals surface area contributed by atoms with Gasteiger partial charge in [0.2, 0.25) is 0 Å². The molecule has 0 fully saturated rings. The second-order valence-electron chi connectivity index (χ2n) is 4.08. The number of hydrogen-bond acceptors (Lipinski definition) is 2. The molecular formula is C14H15FO2. The number of carbonyl (C=O) groups excluding carboxylic acids is 1. The molecule has 3 heteroatoms. The van der Waals surface area contributed by atoms with Crippen LogP contribution in [0.2, 0.25) is 0 Å². The Bertz CT molecular complexity index is 463. The van der Waals surface area contributed by atoms with Crippen LogP contribution in [-0.4, -0.2) is 12.6 Å². The first-order valence-electron chi connectivity index (χ1n) is 5.87. The molecule has 0 saturated heterocycles. The molecule has 0 spiro atoms. The van der Waals surface area contributed by atoms with E-state index in [1.54, 1.807) is 13.0 Å². The van der Waals surface area contributed by atoms with Crippen molar-refractivity contribution in [3.8, 4) is 0 Å². The Labute approximate surface area is 100 Å². The van der Waals surface area contributed by atoms with Gasteiger partial charge in [0.05, 0.1) is 6.61 Å². The summed E-state index contributed by atoms with van der Waals surface area (Å²) in [5.41, 5.74) is 2.83. The fourth-order valence-corrected chi connectivity index (χ4v) is 2.15. The first kappa shape index (κ1) is 11.8. The topological polar surface area (TPSA) is 26.3 Å². The SMILES string of the molecule is CCOC(=O)C=C1CCCc2ccc(F)cc21. The van der Waals surface area contributed by atoms with Crippen molar-refractivity contribution < 1.29 is 13.9 Å². The molecule has 1 aliphatic carbocycles. The second-order valence-corrected chi connectivity index (χ2v) is 4.08. The molecule has 0 unspecified atom stereocenters. The molecule has 0 aliphatic heterocycles. The molecule has 0 bridgehead atoms. The van der Waals surface area contributed by atoms with E-state index in [2.05, 4.69) is 0 Å². The monoisotopic (exact) mass is 234 g/mol. The molecule has 1 aromatic carbocycles. The zero-order valence-electron chi connectivity index (χ0n) is 9.83. The molecule has 0 radical (unpaired) electrons. The van der Waals surface area contributed by atoms with E-state index in [1.165, 1.54) is 18.2 Å². The average Bonchev–Trinajstić information content (AvgIpc) is 2.30. The Kier molecular flexibility index (Phi) is 3.57. The van der Waals surface area contributed by atoms with Gasteiger partial charge in [-0.25, -0.2) is 9.18 Å². The first-order chi connectivity index (χ1) is 8.20. The maximum atomic E-state index is 13.2. The van der Waals surface area contributed by atoms with Crippen LogP contribution in [0.1, 0.15) is 30.9 Å².